The highest BCUT2D eigenvalue weighted by molar-refractivity contribution is 7.98. The summed E-state index contributed by atoms with van der Waals surface area (Å²) >= 11 is 2.66. The van der Waals surface area contributed by atoms with Crippen molar-refractivity contribution in [3.05, 3.63) is 71.2 Å². The second kappa shape index (κ2) is 39.9. The Labute approximate surface area is 522 Å². The van der Waals surface area contributed by atoms with Crippen LogP contribution in [0, 0.1) is 5.82 Å². The monoisotopic (exact) mass is 1280 g/mol. The van der Waals surface area contributed by atoms with Crippen molar-refractivity contribution in [1.29, 1.82) is 0 Å². The van der Waals surface area contributed by atoms with Gasteiger partial charge in [-0.15, -0.1) is 0 Å². The first kappa shape index (κ1) is 74.4. The molecule has 6 atom stereocenters. The van der Waals surface area contributed by atoms with Crippen molar-refractivity contribution in [1.82, 2.24) is 68.8 Å². The van der Waals surface area contributed by atoms with Crippen LogP contribution in [0.2, 0.25) is 0 Å². The van der Waals surface area contributed by atoms with E-state index in [0.717, 1.165) is 11.1 Å². The summed E-state index contributed by atoms with van der Waals surface area (Å²) in [5, 5.41) is 29.8. The molecule has 0 radical (unpaired) electrons. The highest BCUT2D eigenvalue weighted by atomic mass is 32.2. The summed E-state index contributed by atoms with van der Waals surface area (Å²) in [5.41, 5.74) is 13.4. The van der Waals surface area contributed by atoms with Gasteiger partial charge >= 0.3 is 0 Å². The predicted octanol–water partition coefficient (Wildman–Crippen LogP) is -2.58. The maximum Gasteiger partial charge on any atom is 0.244 e. The van der Waals surface area contributed by atoms with Crippen LogP contribution in [0.5, 0.6) is 0 Å². The van der Waals surface area contributed by atoms with Gasteiger partial charge in [0.15, 0.2) is 0 Å². The lowest BCUT2D eigenvalue weighted by atomic mass is 10.1. The van der Waals surface area contributed by atoms with Gasteiger partial charge in [-0.05, 0) is 61.1 Å². The number of benzene rings is 2. The second-order valence-electron chi connectivity index (χ2n) is 20.4. The van der Waals surface area contributed by atoms with Gasteiger partial charge in [0.2, 0.25) is 82.7 Å². The topological polar surface area (TPSA) is 451 Å². The number of nitrogens with one attached hydrogen (secondary N) is 13. The summed E-state index contributed by atoms with van der Waals surface area (Å²) in [6, 6.07) is 6.23. The van der Waals surface area contributed by atoms with Gasteiger partial charge in [0, 0.05) is 59.4 Å². The van der Waals surface area contributed by atoms with Gasteiger partial charge in [0.25, 0.3) is 0 Å². The Bertz CT molecular complexity index is 2990. The molecule has 2 aromatic carbocycles. The number of hydrogen-bond donors (Lipinski definition) is 15. The van der Waals surface area contributed by atoms with Crippen LogP contribution >= 0.6 is 23.5 Å². The van der Waals surface area contributed by atoms with E-state index in [1.165, 1.54) is 48.6 Å². The molecule has 1 aromatic heterocycles. The molecule has 14 amide bonds. The summed E-state index contributed by atoms with van der Waals surface area (Å²) < 4.78 is 14.2. The number of amides is 14. The summed E-state index contributed by atoms with van der Waals surface area (Å²) in [6.45, 7) is 4.62. The first-order valence-corrected chi connectivity index (χ1v) is 31.1. The zero-order valence-corrected chi connectivity index (χ0v) is 52.0. The van der Waals surface area contributed by atoms with Crippen LogP contribution in [-0.2, 0) is 85.1 Å². The highest BCUT2D eigenvalue weighted by Crippen LogP contribution is 2.21. The molecule has 3 rings (SSSR count). The van der Waals surface area contributed by atoms with E-state index in [4.69, 9.17) is 11.5 Å². The zero-order chi connectivity index (χ0) is 66.0. The molecule has 0 saturated heterocycles. The predicted molar refractivity (Wildman–Crippen MR) is 329 cm³/mol. The molecule has 0 fully saturated rings. The number of hydrogen-bond acceptors (Lipinski definition) is 16. The third kappa shape index (κ3) is 29.2. The van der Waals surface area contributed by atoms with E-state index in [2.05, 4.69) is 68.8 Å². The summed E-state index contributed by atoms with van der Waals surface area (Å²) in [7, 11) is 0. The Hall–Kier alpha value is -8.81. The molecule has 0 bridgehead atoms. The molecule has 488 valence electrons. The van der Waals surface area contributed by atoms with Crippen LogP contribution in [0.4, 0.5) is 4.39 Å². The van der Waals surface area contributed by atoms with Crippen molar-refractivity contribution in [2.45, 2.75) is 134 Å². The van der Waals surface area contributed by atoms with Gasteiger partial charge < -0.3 is 80.3 Å². The Morgan fingerprint density at radius 2 is 0.933 bits per heavy atom. The Kier molecular flexibility index (Phi) is 33.4. The molecule has 0 unspecified atom stereocenters. The van der Waals surface area contributed by atoms with Crippen molar-refractivity contribution in [3.8, 4) is 0 Å². The summed E-state index contributed by atoms with van der Waals surface area (Å²) in [6.07, 6.45) is 2.13. The smallest absolute Gasteiger partial charge is 0.244 e. The summed E-state index contributed by atoms with van der Waals surface area (Å²) in [5.74, 6) is -9.46. The Balaban J connectivity index is 1.60. The molecule has 0 aliphatic rings. The van der Waals surface area contributed by atoms with Gasteiger partial charge in [0.1, 0.15) is 42.1 Å². The number of aromatic nitrogens is 1. The standard InChI is InChI=1S/C57H82FN15O14S2/c1-6-11-40(52(59)82)69-50(80)26-63-46(76)22-64-55(85)41(12-7-2)70-51(81)27-66-54(84)38(9-4)68-49(79)25-62-47(77)23-65-56(86)42(21-37-20-35-19-36(58)16-17-39(35)67-37)73-57(87)44(72-48(78)24-61-32(5)74)31-89-29-34-15-10-14-33(18-34)28-88-30-43(53(60)83)71-45(75)13-8-3/h10,14-20,38,40-44,67H,6-9,11-13,21-31H2,1-5H3,(H2,59,82)(H2,60,83)(H,61,74)(H,62,77)(H,63,76)(H,64,85)(H,65,86)(H,66,84)(H,68,79)(H,69,80)(H,70,81)(H,71,75)(H,72,78)(H,73,87)/t38-,40-,41-,42-,43-,44-/m0/s1. The van der Waals surface area contributed by atoms with E-state index in [-0.39, 0.29) is 43.1 Å². The van der Waals surface area contributed by atoms with Crippen molar-refractivity contribution in [2.24, 2.45) is 11.5 Å². The molecule has 0 aliphatic carbocycles. The molecule has 1 heterocycles. The molecular weight excluding hydrogens is 1200 g/mol. The molecular formula is C57H82FN15O14S2. The lowest BCUT2D eigenvalue weighted by molar-refractivity contribution is -0.133. The molecule has 29 nitrogen and oxygen atoms in total. The minimum absolute atomic E-state index is 0.0337. The number of fused-ring (bicyclic) bond motifs is 1. The van der Waals surface area contributed by atoms with Crippen molar-refractivity contribution >= 4 is 117 Å². The SMILES string of the molecule is CCCC(=O)N[C@@H](CSCc1cccc(CSC[C@H](NC(=O)CNC(C)=O)C(=O)N[C@@H](Cc2cc3cc(F)ccc3[nH]2)C(=O)NCC(=O)NCC(=O)N[C@@H](CC)C(=O)NCC(=O)N[C@@H](CCC)C(=O)NCC(=O)NCC(=O)N[C@@H](CCC)C(N)=O)c1)C(N)=O. The van der Waals surface area contributed by atoms with Gasteiger partial charge in [0.05, 0.1) is 39.3 Å². The van der Waals surface area contributed by atoms with Crippen LogP contribution in [-0.4, -0.2) is 175 Å². The zero-order valence-electron chi connectivity index (χ0n) is 50.4. The maximum atomic E-state index is 14.2. The fourth-order valence-electron chi connectivity index (χ4n) is 8.27. The first-order chi connectivity index (χ1) is 42.3. The molecule has 3 aromatic rings. The average molecular weight is 1280 g/mol. The number of aromatic amines is 1. The molecule has 0 saturated carbocycles. The van der Waals surface area contributed by atoms with Gasteiger partial charge in [-0.1, -0.05) is 64.8 Å². The second-order valence-corrected chi connectivity index (χ2v) is 22.5. The number of nitrogens with two attached hydrogens (primary N) is 2. The van der Waals surface area contributed by atoms with E-state index in [1.807, 2.05) is 31.2 Å². The lowest BCUT2D eigenvalue weighted by Crippen LogP contribution is -2.57. The normalized spacial score (nSPS) is 12.8. The molecule has 0 spiro atoms. The van der Waals surface area contributed by atoms with E-state index in [1.54, 1.807) is 26.8 Å². The lowest BCUT2D eigenvalue weighted by Gasteiger charge is -2.23. The highest BCUT2D eigenvalue weighted by Gasteiger charge is 2.30. The number of primary amides is 2. The molecule has 89 heavy (non-hydrogen) atoms. The largest absolute Gasteiger partial charge is 0.368 e. The van der Waals surface area contributed by atoms with E-state index < -0.39 is 158 Å². The Morgan fingerprint density at radius 1 is 0.472 bits per heavy atom. The Morgan fingerprint density at radius 3 is 1.46 bits per heavy atom. The number of halogens is 1. The first-order valence-electron chi connectivity index (χ1n) is 28.8. The van der Waals surface area contributed by atoms with Crippen molar-refractivity contribution < 1.29 is 71.5 Å². The number of H-pyrrole nitrogens is 1. The van der Waals surface area contributed by atoms with Crippen LogP contribution in [0.15, 0.2) is 48.5 Å². The van der Waals surface area contributed by atoms with E-state index in [9.17, 15) is 71.5 Å². The van der Waals surface area contributed by atoms with Gasteiger partial charge in [-0.25, -0.2) is 4.39 Å². The van der Waals surface area contributed by atoms with Crippen LogP contribution < -0.4 is 75.3 Å². The van der Waals surface area contributed by atoms with Crippen LogP contribution in [0.1, 0.15) is 96.4 Å². The summed E-state index contributed by atoms with van der Waals surface area (Å²) in [4.78, 5) is 181. The molecule has 0 aliphatic heterocycles. The minimum Gasteiger partial charge on any atom is -0.368 e. The molecule has 17 N–H and O–H groups in total. The van der Waals surface area contributed by atoms with Crippen molar-refractivity contribution in [2.75, 3.05) is 50.8 Å². The number of thioether (sulfide) groups is 2. The fraction of sp³-hybridized carbons (Fsp3) is 0.509. The number of carbonyl (C=O) groups excluding carboxylic acids is 14. The fourth-order valence-corrected chi connectivity index (χ4v) is 10.3. The van der Waals surface area contributed by atoms with Gasteiger partial charge in [-0.3, -0.25) is 67.1 Å². The number of rotatable bonds is 41. The third-order valence-corrected chi connectivity index (χ3v) is 15.0. The minimum atomic E-state index is -1.43. The van der Waals surface area contributed by atoms with Crippen molar-refractivity contribution in [3.63, 3.8) is 0 Å². The van der Waals surface area contributed by atoms with Crippen LogP contribution in [0.25, 0.3) is 10.9 Å². The van der Waals surface area contributed by atoms with Gasteiger partial charge in [-0.2, -0.15) is 23.5 Å². The van der Waals surface area contributed by atoms with E-state index in [0.29, 0.717) is 53.8 Å². The maximum absolute atomic E-state index is 14.2. The average Bonchev–Trinajstić information content (AvgIpc) is 2.69. The quantitative estimate of drug-likeness (QED) is 0.0278. The third-order valence-electron chi connectivity index (χ3n) is 12.8. The van der Waals surface area contributed by atoms with Crippen LogP contribution in [0.3, 0.4) is 0 Å². The molecule has 32 heteroatoms. The number of carbonyl (C=O) groups is 14. The van der Waals surface area contributed by atoms with E-state index >= 15 is 0 Å².